The lowest BCUT2D eigenvalue weighted by atomic mass is 10.1. The van der Waals surface area contributed by atoms with Crippen LogP contribution in [0.1, 0.15) is 64.0 Å². The normalized spacial score (nSPS) is 19.3. The molecule has 0 atom stereocenters. The highest BCUT2D eigenvalue weighted by molar-refractivity contribution is 14.0. The molecule has 2 fully saturated rings. The third kappa shape index (κ3) is 7.96. The van der Waals surface area contributed by atoms with Gasteiger partial charge in [-0.15, -0.1) is 34.2 Å². The standard InChI is InChI=1S/C21H39N7O.HI/c1-16(2)29-14-13-28-11-9-19(10-12-28)24-21(23-18-7-5-6-8-18)22-15-20-26-25-17(3)27(20)4;/h16,18-19H,5-15H2,1-4H3,(H2,22,23,24);1H. The molecule has 1 saturated carbocycles. The van der Waals surface area contributed by atoms with E-state index < -0.39 is 0 Å². The predicted molar refractivity (Wildman–Crippen MR) is 131 cm³/mol. The highest BCUT2D eigenvalue weighted by Crippen LogP contribution is 2.18. The summed E-state index contributed by atoms with van der Waals surface area (Å²) in [5.74, 6) is 2.75. The highest BCUT2D eigenvalue weighted by atomic mass is 127. The number of piperidine rings is 1. The molecular weight excluding hydrogens is 493 g/mol. The average Bonchev–Trinajstić information content (AvgIpc) is 3.32. The van der Waals surface area contributed by atoms with E-state index in [0.717, 1.165) is 56.7 Å². The second-order valence-electron chi connectivity index (χ2n) is 8.69. The lowest BCUT2D eigenvalue weighted by Gasteiger charge is -2.33. The van der Waals surface area contributed by atoms with Crippen molar-refractivity contribution in [3.8, 4) is 0 Å². The topological polar surface area (TPSA) is 79.6 Å². The Morgan fingerprint density at radius 3 is 2.30 bits per heavy atom. The summed E-state index contributed by atoms with van der Waals surface area (Å²) in [5, 5.41) is 15.8. The summed E-state index contributed by atoms with van der Waals surface area (Å²) in [6.07, 6.45) is 7.67. The van der Waals surface area contributed by atoms with Crippen molar-refractivity contribution in [3.63, 3.8) is 0 Å². The number of nitrogens with one attached hydrogen (secondary N) is 2. The molecule has 30 heavy (non-hydrogen) atoms. The van der Waals surface area contributed by atoms with Gasteiger partial charge in [0.1, 0.15) is 12.4 Å². The number of aryl methyl sites for hydroxylation is 1. The Bertz CT molecular complexity index is 650. The Kier molecular flexibility index (Phi) is 10.8. The number of guanidine groups is 1. The molecule has 0 aromatic carbocycles. The number of likely N-dealkylation sites (tertiary alicyclic amines) is 1. The summed E-state index contributed by atoms with van der Waals surface area (Å²) in [4.78, 5) is 7.36. The first kappa shape index (κ1) is 25.3. The lowest BCUT2D eigenvalue weighted by Crippen LogP contribution is -2.50. The zero-order valence-electron chi connectivity index (χ0n) is 19.1. The SMILES string of the molecule is Cc1nnc(CN=C(NC2CCCC2)NC2CCN(CCOC(C)C)CC2)n1C.I. The molecule has 2 heterocycles. The number of hydrogen-bond donors (Lipinski definition) is 2. The Hall–Kier alpha value is -0.940. The fraction of sp³-hybridized carbons (Fsp3) is 0.857. The molecule has 1 aromatic heterocycles. The quantitative estimate of drug-likeness (QED) is 0.304. The zero-order valence-corrected chi connectivity index (χ0v) is 21.4. The zero-order chi connectivity index (χ0) is 20.6. The predicted octanol–water partition coefficient (Wildman–Crippen LogP) is 2.61. The van der Waals surface area contributed by atoms with Crippen LogP contribution in [-0.4, -0.2) is 70.1 Å². The minimum atomic E-state index is 0. The van der Waals surface area contributed by atoms with Gasteiger partial charge < -0.3 is 24.8 Å². The Labute approximate surface area is 198 Å². The van der Waals surface area contributed by atoms with Crippen molar-refractivity contribution in [1.82, 2.24) is 30.3 Å². The van der Waals surface area contributed by atoms with Gasteiger partial charge in [0.05, 0.1) is 12.7 Å². The van der Waals surface area contributed by atoms with E-state index in [9.17, 15) is 0 Å². The summed E-state index contributed by atoms with van der Waals surface area (Å²) in [6.45, 7) is 10.8. The Morgan fingerprint density at radius 1 is 1.10 bits per heavy atom. The fourth-order valence-corrected chi connectivity index (χ4v) is 4.05. The molecule has 172 valence electrons. The molecule has 2 N–H and O–H groups in total. The molecule has 1 aliphatic carbocycles. The summed E-state index contributed by atoms with van der Waals surface area (Å²) < 4.78 is 7.70. The molecule has 2 aliphatic rings. The molecule has 1 aromatic rings. The van der Waals surface area contributed by atoms with Crippen LogP contribution in [0.4, 0.5) is 0 Å². The monoisotopic (exact) mass is 533 g/mol. The maximum absolute atomic E-state index is 5.70. The minimum Gasteiger partial charge on any atom is -0.377 e. The van der Waals surface area contributed by atoms with E-state index in [1.54, 1.807) is 0 Å². The molecule has 0 spiro atoms. The number of aliphatic imine (C=N–C) groups is 1. The van der Waals surface area contributed by atoms with E-state index in [-0.39, 0.29) is 24.0 Å². The van der Waals surface area contributed by atoms with E-state index in [4.69, 9.17) is 9.73 Å². The van der Waals surface area contributed by atoms with Gasteiger partial charge in [0, 0.05) is 38.8 Å². The molecule has 0 amide bonds. The van der Waals surface area contributed by atoms with Crippen molar-refractivity contribution in [2.24, 2.45) is 12.0 Å². The van der Waals surface area contributed by atoms with E-state index in [0.29, 0.717) is 24.7 Å². The van der Waals surface area contributed by atoms with Crippen molar-refractivity contribution in [3.05, 3.63) is 11.6 Å². The van der Waals surface area contributed by atoms with Crippen LogP contribution in [0, 0.1) is 6.92 Å². The Balaban J connectivity index is 0.00000320. The van der Waals surface area contributed by atoms with Crippen LogP contribution in [-0.2, 0) is 18.3 Å². The van der Waals surface area contributed by atoms with Crippen molar-refractivity contribution < 1.29 is 4.74 Å². The van der Waals surface area contributed by atoms with Gasteiger partial charge in [0.15, 0.2) is 11.8 Å². The summed E-state index contributed by atoms with van der Waals surface area (Å²) in [7, 11) is 2.00. The van der Waals surface area contributed by atoms with Gasteiger partial charge >= 0.3 is 0 Å². The maximum atomic E-state index is 5.70. The third-order valence-corrected chi connectivity index (χ3v) is 6.04. The molecule has 3 rings (SSSR count). The van der Waals surface area contributed by atoms with Crippen molar-refractivity contribution in [2.45, 2.75) is 84.0 Å². The van der Waals surface area contributed by atoms with Crippen LogP contribution in [0.3, 0.4) is 0 Å². The fourth-order valence-electron chi connectivity index (χ4n) is 4.05. The van der Waals surface area contributed by atoms with Gasteiger partial charge in [-0.05, 0) is 46.5 Å². The van der Waals surface area contributed by atoms with Gasteiger partial charge in [0.25, 0.3) is 0 Å². The summed E-state index contributed by atoms with van der Waals surface area (Å²) in [6, 6.07) is 1.00. The third-order valence-electron chi connectivity index (χ3n) is 6.04. The first-order valence-corrected chi connectivity index (χ1v) is 11.3. The van der Waals surface area contributed by atoms with Crippen LogP contribution in [0.5, 0.6) is 0 Å². The molecule has 0 unspecified atom stereocenters. The van der Waals surface area contributed by atoms with Gasteiger partial charge in [-0.3, -0.25) is 0 Å². The number of hydrogen-bond acceptors (Lipinski definition) is 5. The molecule has 9 heteroatoms. The Morgan fingerprint density at radius 2 is 1.73 bits per heavy atom. The first-order chi connectivity index (χ1) is 14.0. The maximum Gasteiger partial charge on any atom is 0.192 e. The second kappa shape index (κ2) is 12.8. The number of aromatic nitrogens is 3. The van der Waals surface area contributed by atoms with E-state index in [1.165, 1.54) is 25.7 Å². The van der Waals surface area contributed by atoms with Crippen LogP contribution < -0.4 is 10.6 Å². The van der Waals surface area contributed by atoms with Gasteiger partial charge in [-0.2, -0.15) is 0 Å². The average molecular weight is 534 g/mol. The van der Waals surface area contributed by atoms with E-state index in [1.807, 2.05) is 18.5 Å². The summed E-state index contributed by atoms with van der Waals surface area (Å²) >= 11 is 0. The second-order valence-corrected chi connectivity index (χ2v) is 8.69. The largest absolute Gasteiger partial charge is 0.377 e. The van der Waals surface area contributed by atoms with Crippen molar-refractivity contribution in [1.29, 1.82) is 0 Å². The number of ether oxygens (including phenoxy) is 1. The van der Waals surface area contributed by atoms with Gasteiger partial charge in [0.2, 0.25) is 0 Å². The molecular formula is C21H40IN7O. The van der Waals surface area contributed by atoms with Crippen LogP contribution in [0.2, 0.25) is 0 Å². The molecule has 1 aliphatic heterocycles. The number of halogens is 1. The lowest BCUT2D eigenvalue weighted by molar-refractivity contribution is 0.0532. The van der Waals surface area contributed by atoms with Crippen molar-refractivity contribution >= 4 is 29.9 Å². The van der Waals surface area contributed by atoms with Crippen molar-refractivity contribution in [2.75, 3.05) is 26.2 Å². The van der Waals surface area contributed by atoms with Gasteiger partial charge in [-0.25, -0.2) is 4.99 Å². The molecule has 0 bridgehead atoms. The summed E-state index contributed by atoms with van der Waals surface area (Å²) in [5.41, 5.74) is 0. The van der Waals surface area contributed by atoms with Crippen LogP contribution in [0.25, 0.3) is 0 Å². The first-order valence-electron chi connectivity index (χ1n) is 11.3. The molecule has 1 saturated heterocycles. The van der Waals surface area contributed by atoms with Gasteiger partial charge in [-0.1, -0.05) is 12.8 Å². The van der Waals surface area contributed by atoms with E-state index >= 15 is 0 Å². The molecule has 8 nitrogen and oxygen atoms in total. The molecule has 0 radical (unpaired) electrons. The minimum absolute atomic E-state index is 0. The van der Waals surface area contributed by atoms with E-state index in [2.05, 4.69) is 39.6 Å². The number of rotatable bonds is 8. The smallest absolute Gasteiger partial charge is 0.192 e. The van der Waals surface area contributed by atoms with Crippen LogP contribution >= 0.6 is 24.0 Å². The van der Waals surface area contributed by atoms with Crippen LogP contribution in [0.15, 0.2) is 4.99 Å². The highest BCUT2D eigenvalue weighted by Gasteiger charge is 2.22. The number of nitrogens with zero attached hydrogens (tertiary/aromatic N) is 5.